The number of amides is 3. The van der Waals surface area contributed by atoms with E-state index in [9.17, 15) is 14.4 Å². The molecule has 15 heteroatoms. The van der Waals surface area contributed by atoms with E-state index in [0.29, 0.717) is 30.0 Å². The van der Waals surface area contributed by atoms with Crippen LogP contribution in [0, 0.1) is 5.92 Å². The van der Waals surface area contributed by atoms with Crippen LogP contribution in [0.3, 0.4) is 0 Å². The van der Waals surface area contributed by atoms with Gasteiger partial charge in [-0.05, 0) is 75.1 Å². The molecule has 5 aromatic rings. The summed E-state index contributed by atoms with van der Waals surface area (Å²) in [6, 6.07) is 18.2. The SMILES string of the molecule is C[C@H]1CN(c2ccncc2NC(=O)c2nc3cc(C4=CCN(C)CC4)ccc3cc2NC(=O)OCc2ccccc2)C[C@@H](NC(=O)OC(C)(C)C)[C@H]1n1ccnn1. The zero-order valence-electron chi connectivity index (χ0n) is 32.8. The van der Waals surface area contributed by atoms with Crippen LogP contribution >= 0.6 is 0 Å². The second-order valence-corrected chi connectivity index (χ2v) is 15.6. The van der Waals surface area contributed by atoms with E-state index in [2.05, 4.69) is 61.1 Å². The number of benzene rings is 2. The summed E-state index contributed by atoms with van der Waals surface area (Å²) in [6.07, 6.45) is 8.46. The number of likely N-dealkylation sites (N-methyl/N-ethyl adjacent to an activating group) is 1. The minimum absolute atomic E-state index is 0.00574. The number of carbonyl (C=O) groups excluding carboxylic acids is 3. The maximum absolute atomic E-state index is 14.4. The molecule has 2 aromatic carbocycles. The molecular weight excluding hydrogens is 725 g/mol. The Bertz CT molecular complexity index is 2260. The highest BCUT2D eigenvalue weighted by molar-refractivity contribution is 6.11. The summed E-state index contributed by atoms with van der Waals surface area (Å²) >= 11 is 0. The molecule has 296 valence electrons. The number of anilines is 3. The fourth-order valence-electron chi connectivity index (χ4n) is 7.36. The Kier molecular flexibility index (Phi) is 11.5. The standard InChI is InChI=1S/C42H48N10O5/c1-27-24-51(25-35(38(27)52-20-17-44-49-52)48-41(55)57-42(2,3)4)36-13-16-43-23-34(36)46-39(53)37-33(47-40(54)56-26-28-9-7-6-8-10-28)22-31-12-11-30(21-32(31)45-37)29-14-18-50(5)19-15-29/h6-14,16-17,20-23,27,35,38H,15,18-19,24-26H2,1-5H3,(H,46,53)(H,47,54)(H,48,55)/t27-,35+,38-/m0/s1. The molecule has 0 aliphatic carbocycles. The molecule has 2 aliphatic heterocycles. The number of nitrogens with one attached hydrogen (secondary N) is 3. The average molecular weight is 773 g/mol. The van der Waals surface area contributed by atoms with Crippen molar-refractivity contribution in [2.75, 3.05) is 48.8 Å². The summed E-state index contributed by atoms with van der Waals surface area (Å²) in [6.45, 7) is 10.3. The molecule has 3 aromatic heterocycles. The minimum Gasteiger partial charge on any atom is -0.444 e. The molecule has 57 heavy (non-hydrogen) atoms. The van der Waals surface area contributed by atoms with Crippen LogP contribution in [0.1, 0.15) is 61.8 Å². The van der Waals surface area contributed by atoms with E-state index in [4.69, 9.17) is 14.5 Å². The van der Waals surface area contributed by atoms with Gasteiger partial charge < -0.3 is 29.9 Å². The number of carbonyl (C=O) groups is 3. The largest absolute Gasteiger partial charge is 0.444 e. The average Bonchev–Trinajstić information content (AvgIpc) is 3.71. The van der Waals surface area contributed by atoms with Crippen LogP contribution < -0.4 is 20.9 Å². The van der Waals surface area contributed by atoms with Gasteiger partial charge in [0.15, 0.2) is 5.69 Å². The van der Waals surface area contributed by atoms with Crippen LogP contribution in [0.4, 0.5) is 26.7 Å². The van der Waals surface area contributed by atoms with Gasteiger partial charge in [0.2, 0.25) is 0 Å². The van der Waals surface area contributed by atoms with Gasteiger partial charge in [0.05, 0.1) is 47.1 Å². The summed E-state index contributed by atoms with van der Waals surface area (Å²) in [5.41, 5.74) is 4.30. The number of nitrogens with zero attached hydrogens (tertiary/aromatic N) is 7. The predicted molar refractivity (Wildman–Crippen MR) is 218 cm³/mol. The van der Waals surface area contributed by atoms with E-state index >= 15 is 0 Å². The Morgan fingerprint density at radius 2 is 1.77 bits per heavy atom. The second-order valence-electron chi connectivity index (χ2n) is 15.6. The zero-order valence-corrected chi connectivity index (χ0v) is 32.8. The van der Waals surface area contributed by atoms with Crippen molar-refractivity contribution in [2.24, 2.45) is 5.92 Å². The lowest BCUT2D eigenvalue weighted by molar-refractivity contribution is 0.0465. The number of hydrogen-bond acceptors (Lipinski definition) is 11. The third-order valence-electron chi connectivity index (χ3n) is 10.0. The maximum atomic E-state index is 14.4. The lowest BCUT2D eigenvalue weighted by Gasteiger charge is -2.44. The lowest BCUT2D eigenvalue weighted by Crippen LogP contribution is -2.57. The molecule has 5 heterocycles. The first-order valence-corrected chi connectivity index (χ1v) is 19.1. The van der Waals surface area contributed by atoms with Crippen LogP contribution in [0.15, 0.2) is 91.5 Å². The molecule has 2 aliphatic rings. The third-order valence-corrected chi connectivity index (χ3v) is 10.0. The molecule has 3 atom stereocenters. The summed E-state index contributed by atoms with van der Waals surface area (Å²) in [4.78, 5) is 54.2. The van der Waals surface area contributed by atoms with Gasteiger partial charge in [-0.15, -0.1) is 5.10 Å². The number of rotatable bonds is 9. The maximum Gasteiger partial charge on any atom is 0.412 e. The number of piperidine rings is 1. The molecule has 0 radical (unpaired) electrons. The number of aromatic nitrogens is 5. The highest BCUT2D eigenvalue weighted by Gasteiger charge is 2.39. The Balaban J connectivity index is 1.18. The molecule has 3 N–H and O–H groups in total. The Hall–Kier alpha value is -6.35. The van der Waals surface area contributed by atoms with E-state index in [0.717, 1.165) is 36.0 Å². The molecule has 1 saturated heterocycles. The quantitative estimate of drug-likeness (QED) is 0.149. The summed E-state index contributed by atoms with van der Waals surface area (Å²) < 4.78 is 12.9. The number of hydrogen-bond donors (Lipinski definition) is 3. The van der Waals surface area contributed by atoms with Crippen LogP contribution in [0.2, 0.25) is 0 Å². The van der Waals surface area contributed by atoms with Crippen LogP contribution in [-0.4, -0.2) is 92.8 Å². The molecule has 1 fully saturated rings. The van der Waals surface area contributed by atoms with Crippen molar-refractivity contribution in [2.45, 2.75) is 58.4 Å². The van der Waals surface area contributed by atoms with Crippen molar-refractivity contribution in [1.82, 2.24) is 35.2 Å². The number of pyridine rings is 2. The van der Waals surface area contributed by atoms with Gasteiger partial charge in [-0.2, -0.15) is 0 Å². The first-order chi connectivity index (χ1) is 27.4. The summed E-state index contributed by atoms with van der Waals surface area (Å²) in [5.74, 6) is -0.576. The van der Waals surface area contributed by atoms with Crippen LogP contribution in [0.25, 0.3) is 16.5 Å². The molecule has 0 spiro atoms. The minimum atomic E-state index is -0.725. The van der Waals surface area contributed by atoms with Crippen molar-refractivity contribution in [3.8, 4) is 0 Å². The smallest absolute Gasteiger partial charge is 0.412 e. The molecule has 0 bridgehead atoms. The van der Waals surface area contributed by atoms with Gasteiger partial charge in [0.1, 0.15) is 12.2 Å². The molecular formula is C42H48N10O5. The Labute approximate surface area is 331 Å². The lowest BCUT2D eigenvalue weighted by atomic mass is 9.89. The highest BCUT2D eigenvalue weighted by Crippen LogP contribution is 2.35. The number of alkyl carbamates (subject to hydrolysis) is 1. The van der Waals surface area contributed by atoms with Gasteiger partial charge >= 0.3 is 12.2 Å². The molecule has 3 amide bonds. The third kappa shape index (κ3) is 9.55. The Morgan fingerprint density at radius 1 is 0.947 bits per heavy atom. The molecule has 15 nitrogen and oxygen atoms in total. The van der Waals surface area contributed by atoms with E-state index in [1.165, 1.54) is 5.57 Å². The first kappa shape index (κ1) is 38.9. The second kappa shape index (κ2) is 16.8. The van der Waals surface area contributed by atoms with Gasteiger partial charge in [0.25, 0.3) is 5.91 Å². The van der Waals surface area contributed by atoms with Crippen molar-refractivity contribution < 1.29 is 23.9 Å². The van der Waals surface area contributed by atoms with E-state index in [1.54, 1.807) is 35.5 Å². The van der Waals surface area contributed by atoms with Crippen molar-refractivity contribution in [3.05, 3.63) is 108 Å². The normalized spacial score (nSPS) is 18.7. The summed E-state index contributed by atoms with van der Waals surface area (Å²) in [5, 5.41) is 17.9. The van der Waals surface area contributed by atoms with Gasteiger partial charge in [-0.25, -0.2) is 19.3 Å². The Morgan fingerprint density at radius 3 is 2.51 bits per heavy atom. The topological polar surface area (TPSA) is 169 Å². The monoisotopic (exact) mass is 772 g/mol. The van der Waals surface area contributed by atoms with E-state index < -0.39 is 29.7 Å². The first-order valence-electron chi connectivity index (χ1n) is 19.1. The molecule has 0 saturated carbocycles. The van der Waals surface area contributed by atoms with Gasteiger partial charge in [-0.1, -0.05) is 60.7 Å². The van der Waals surface area contributed by atoms with Crippen LogP contribution in [-0.2, 0) is 16.1 Å². The highest BCUT2D eigenvalue weighted by atomic mass is 16.6. The van der Waals surface area contributed by atoms with E-state index in [1.807, 2.05) is 75.4 Å². The fourth-order valence-corrected chi connectivity index (χ4v) is 7.36. The number of fused-ring (bicyclic) bond motifs is 1. The van der Waals surface area contributed by atoms with E-state index in [-0.39, 0.29) is 29.9 Å². The van der Waals surface area contributed by atoms with Gasteiger partial charge in [-0.3, -0.25) is 15.1 Å². The number of ether oxygens (including phenoxy) is 2. The van der Waals surface area contributed by atoms with Crippen molar-refractivity contribution in [1.29, 1.82) is 0 Å². The van der Waals surface area contributed by atoms with Crippen LogP contribution in [0.5, 0.6) is 0 Å². The summed E-state index contributed by atoms with van der Waals surface area (Å²) in [7, 11) is 2.09. The fraction of sp³-hybridized carbons (Fsp3) is 0.357. The zero-order chi connectivity index (χ0) is 40.1. The van der Waals surface area contributed by atoms with Crippen molar-refractivity contribution in [3.63, 3.8) is 0 Å². The van der Waals surface area contributed by atoms with Gasteiger partial charge in [0, 0.05) is 44.0 Å². The van der Waals surface area contributed by atoms with Crippen molar-refractivity contribution >= 4 is 51.6 Å². The molecule has 7 rings (SSSR count). The molecule has 0 unspecified atom stereocenters. The predicted octanol–water partition coefficient (Wildman–Crippen LogP) is 6.53.